The summed E-state index contributed by atoms with van der Waals surface area (Å²) in [5.41, 5.74) is 3.22. The molecule has 7 rings (SSSR count). The van der Waals surface area contributed by atoms with E-state index in [1.165, 1.54) is 0 Å². The Balaban J connectivity index is 1.34. The second-order valence-electron chi connectivity index (χ2n) is 7.94. The van der Waals surface area contributed by atoms with Crippen LogP contribution in [0.5, 0.6) is 23.0 Å². The molecule has 0 atom stereocenters. The van der Waals surface area contributed by atoms with Crippen LogP contribution in [0.25, 0.3) is 0 Å². The first-order valence-electron chi connectivity index (χ1n) is 10.5. The summed E-state index contributed by atoms with van der Waals surface area (Å²) in [5, 5.41) is 0. The Morgan fingerprint density at radius 3 is 1.44 bits per heavy atom. The fourth-order valence-electron chi connectivity index (χ4n) is 4.42. The highest BCUT2D eigenvalue weighted by molar-refractivity contribution is 6.06. The molecule has 4 aliphatic heterocycles. The number of hydrogen-bond acceptors (Lipinski definition) is 10. The molecule has 10 heteroatoms. The lowest BCUT2D eigenvalue weighted by molar-refractivity contribution is 0.0473. The number of carbonyl (C=O) groups is 2. The van der Waals surface area contributed by atoms with Gasteiger partial charge in [0, 0.05) is 23.5 Å². The fourth-order valence-corrected chi connectivity index (χ4v) is 4.42. The van der Waals surface area contributed by atoms with Crippen LogP contribution in [-0.4, -0.2) is 39.0 Å². The fraction of sp³-hybridized carbons (Fsp3) is 0.167. The minimum Gasteiger partial charge on any atom is -0.454 e. The van der Waals surface area contributed by atoms with Crippen molar-refractivity contribution in [2.45, 2.75) is 0 Å². The molecule has 0 N–H and O–H groups in total. The predicted molar refractivity (Wildman–Crippen MR) is 116 cm³/mol. The van der Waals surface area contributed by atoms with Crippen LogP contribution in [-0.2, 0) is 9.47 Å². The lowest BCUT2D eigenvalue weighted by atomic mass is 10.0. The van der Waals surface area contributed by atoms with E-state index in [2.05, 4.69) is 0 Å². The van der Waals surface area contributed by atoms with E-state index in [0.29, 0.717) is 45.5 Å². The standard InChI is InChI=1S/C24H16N2O8/c27-23-15-8-18-16(24(28)30-10-26(18)14-2-4-20-22(6-14)34-12-32-20)7-17(15)25(9-29-23)13-1-3-19-21(5-13)33-11-31-19/h1-8H,9-12H2. The molecular weight excluding hydrogens is 444 g/mol. The largest absolute Gasteiger partial charge is 0.454 e. The van der Waals surface area contributed by atoms with Gasteiger partial charge < -0.3 is 38.2 Å². The summed E-state index contributed by atoms with van der Waals surface area (Å²) in [4.78, 5) is 29.1. The van der Waals surface area contributed by atoms with Crippen LogP contribution in [0.4, 0.5) is 22.7 Å². The molecule has 0 bridgehead atoms. The van der Waals surface area contributed by atoms with Crippen LogP contribution in [0.1, 0.15) is 20.7 Å². The Kier molecular flexibility index (Phi) is 3.87. The number of carbonyl (C=O) groups excluding carboxylic acids is 2. The Labute approximate surface area is 192 Å². The van der Waals surface area contributed by atoms with Gasteiger partial charge in [0.15, 0.2) is 36.5 Å². The van der Waals surface area contributed by atoms with Crippen molar-refractivity contribution in [3.8, 4) is 23.0 Å². The van der Waals surface area contributed by atoms with E-state index in [1.807, 2.05) is 24.3 Å². The topological polar surface area (TPSA) is 96.0 Å². The zero-order chi connectivity index (χ0) is 22.8. The lowest BCUT2D eigenvalue weighted by Gasteiger charge is -2.35. The molecule has 10 nitrogen and oxygen atoms in total. The summed E-state index contributed by atoms with van der Waals surface area (Å²) in [7, 11) is 0. The summed E-state index contributed by atoms with van der Waals surface area (Å²) >= 11 is 0. The molecule has 0 unspecified atom stereocenters. The van der Waals surface area contributed by atoms with E-state index in [4.69, 9.17) is 28.4 Å². The van der Waals surface area contributed by atoms with Gasteiger partial charge in [-0.15, -0.1) is 0 Å². The van der Waals surface area contributed by atoms with Gasteiger partial charge in [-0.3, -0.25) is 0 Å². The average Bonchev–Trinajstić information content (AvgIpc) is 3.52. The molecule has 0 radical (unpaired) electrons. The Hall–Kier alpha value is -4.60. The molecule has 0 fully saturated rings. The van der Waals surface area contributed by atoms with E-state index in [-0.39, 0.29) is 27.0 Å². The molecule has 170 valence electrons. The molecule has 0 saturated carbocycles. The summed E-state index contributed by atoms with van der Waals surface area (Å²) in [6, 6.07) is 14.2. The molecule has 4 aliphatic rings. The minimum atomic E-state index is -0.473. The van der Waals surface area contributed by atoms with Gasteiger partial charge in [-0.25, -0.2) is 9.59 Å². The van der Waals surface area contributed by atoms with Gasteiger partial charge in [0.25, 0.3) is 0 Å². The molecule has 3 aromatic carbocycles. The van der Waals surface area contributed by atoms with E-state index < -0.39 is 11.9 Å². The zero-order valence-corrected chi connectivity index (χ0v) is 17.6. The summed E-state index contributed by atoms with van der Waals surface area (Å²) in [5.74, 6) is 1.54. The summed E-state index contributed by atoms with van der Waals surface area (Å²) in [6.07, 6.45) is 0. The number of anilines is 4. The van der Waals surface area contributed by atoms with Crippen molar-refractivity contribution >= 4 is 34.7 Å². The molecule has 4 heterocycles. The second kappa shape index (κ2) is 6.95. The van der Waals surface area contributed by atoms with Crippen LogP contribution in [0, 0.1) is 0 Å². The number of ether oxygens (including phenoxy) is 6. The summed E-state index contributed by atoms with van der Waals surface area (Å²) < 4.78 is 32.7. The molecule has 3 aromatic rings. The third kappa shape index (κ3) is 2.75. The number of hydrogen-bond donors (Lipinski definition) is 0. The van der Waals surface area contributed by atoms with Crippen LogP contribution < -0.4 is 28.7 Å². The maximum Gasteiger partial charge on any atom is 0.342 e. The third-order valence-electron chi connectivity index (χ3n) is 6.12. The molecule has 0 saturated heterocycles. The molecular formula is C24H16N2O8. The Bertz CT molecular complexity index is 1280. The molecule has 0 amide bonds. The van der Waals surface area contributed by atoms with Crippen molar-refractivity contribution in [2.24, 2.45) is 0 Å². The SMILES string of the molecule is O=C1OCN(c2ccc3c(c2)OCO3)c2cc3c(cc21)N(c1ccc2c(c1)OCO2)COC3=O. The first-order chi connectivity index (χ1) is 16.7. The first-order valence-corrected chi connectivity index (χ1v) is 10.5. The van der Waals surface area contributed by atoms with Gasteiger partial charge in [-0.05, 0) is 36.4 Å². The first kappa shape index (κ1) is 18.9. The smallest absolute Gasteiger partial charge is 0.342 e. The maximum atomic E-state index is 12.7. The predicted octanol–water partition coefficient (Wildman–Crippen LogP) is 3.68. The summed E-state index contributed by atoms with van der Waals surface area (Å²) in [6.45, 7) is 0.287. The number of nitrogens with zero attached hydrogens (tertiary/aromatic N) is 2. The zero-order valence-electron chi connectivity index (χ0n) is 17.6. The van der Waals surface area contributed by atoms with Crippen LogP contribution in [0.3, 0.4) is 0 Å². The highest BCUT2D eigenvalue weighted by atomic mass is 16.7. The van der Waals surface area contributed by atoms with Crippen molar-refractivity contribution in [1.82, 2.24) is 0 Å². The highest BCUT2D eigenvalue weighted by Gasteiger charge is 2.34. The Morgan fingerprint density at radius 1 is 0.529 bits per heavy atom. The average molecular weight is 460 g/mol. The van der Waals surface area contributed by atoms with Crippen LogP contribution in [0.2, 0.25) is 0 Å². The number of rotatable bonds is 2. The van der Waals surface area contributed by atoms with Crippen molar-refractivity contribution in [3.05, 3.63) is 59.7 Å². The van der Waals surface area contributed by atoms with Crippen molar-refractivity contribution in [2.75, 3.05) is 36.8 Å². The molecule has 34 heavy (non-hydrogen) atoms. The number of fused-ring (bicyclic) bond motifs is 4. The van der Waals surface area contributed by atoms with Gasteiger partial charge in [-0.2, -0.15) is 0 Å². The monoisotopic (exact) mass is 460 g/mol. The van der Waals surface area contributed by atoms with E-state index in [0.717, 1.165) is 11.4 Å². The Morgan fingerprint density at radius 2 is 0.971 bits per heavy atom. The molecule has 0 aliphatic carbocycles. The van der Waals surface area contributed by atoms with Gasteiger partial charge in [0.2, 0.25) is 13.6 Å². The number of benzene rings is 3. The lowest BCUT2D eigenvalue weighted by Crippen LogP contribution is -2.34. The third-order valence-corrected chi connectivity index (χ3v) is 6.12. The van der Waals surface area contributed by atoms with E-state index in [9.17, 15) is 9.59 Å². The molecule has 0 spiro atoms. The van der Waals surface area contributed by atoms with E-state index in [1.54, 1.807) is 34.1 Å². The number of cyclic esters (lactones) is 2. The van der Waals surface area contributed by atoms with Gasteiger partial charge >= 0.3 is 11.9 Å². The normalized spacial score (nSPS) is 17.2. The van der Waals surface area contributed by atoms with Crippen LogP contribution in [0.15, 0.2) is 48.5 Å². The van der Waals surface area contributed by atoms with Crippen molar-refractivity contribution in [3.63, 3.8) is 0 Å². The minimum absolute atomic E-state index is 0.00874. The van der Waals surface area contributed by atoms with Crippen molar-refractivity contribution < 1.29 is 38.0 Å². The van der Waals surface area contributed by atoms with E-state index >= 15 is 0 Å². The second-order valence-corrected chi connectivity index (χ2v) is 7.94. The number of esters is 2. The van der Waals surface area contributed by atoms with Gasteiger partial charge in [0.05, 0.1) is 22.5 Å². The van der Waals surface area contributed by atoms with Crippen LogP contribution >= 0.6 is 0 Å². The van der Waals surface area contributed by atoms with Gasteiger partial charge in [0.1, 0.15) is 0 Å². The molecule has 0 aromatic heterocycles. The van der Waals surface area contributed by atoms with Gasteiger partial charge in [-0.1, -0.05) is 0 Å². The maximum absolute atomic E-state index is 12.7. The quantitative estimate of drug-likeness (QED) is 0.527. The van der Waals surface area contributed by atoms with Crippen molar-refractivity contribution in [1.29, 1.82) is 0 Å². The highest BCUT2D eigenvalue weighted by Crippen LogP contribution is 2.44.